The molecule has 2 saturated heterocycles. The lowest BCUT2D eigenvalue weighted by Gasteiger charge is -2.37. The van der Waals surface area contributed by atoms with E-state index in [9.17, 15) is 9.18 Å². The number of nitrogens with one attached hydrogen (secondary N) is 1. The standard InChI is InChI=1S/C14H16FIN2O/c15-10-3-4-11(12(16)6-10)14(19)18-5-1-2-9-7-17-8-13(9)18/h3-4,6,9,13,17H,1-2,5,7-8H2. The van der Waals surface area contributed by atoms with Gasteiger partial charge in [-0.05, 0) is 59.5 Å². The van der Waals surface area contributed by atoms with E-state index < -0.39 is 0 Å². The van der Waals surface area contributed by atoms with Crippen molar-refractivity contribution in [1.29, 1.82) is 0 Å². The first-order chi connectivity index (χ1) is 9.16. The van der Waals surface area contributed by atoms with E-state index in [1.807, 2.05) is 27.5 Å². The van der Waals surface area contributed by atoms with Crippen molar-refractivity contribution in [1.82, 2.24) is 10.2 Å². The van der Waals surface area contributed by atoms with E-state index in [0.29, 0.717) is 21.1 Å². The summed E-state index contributed by atoms with van der Waals surface area (Å²) in [6.45, 7) is 2.71. The maximum atomic E-state index is 13.1. The number of hydrogen-bond acceptors (Lipinski definition) is 2. The van der Waals surface area contributed by atoms with Crippen LogP contribution in [0.25, 0.3) is 0 Å². The van der Waals surface area contributed by atoms with Gasteiger partial charge in [-0.2, -0.15) is 0 Å². The fourth-order valence-corrected chi connectivity index (χ4v) is 3.85. The highest BCUT2D eigenvalue weighted by Gasteiger charge is 2.37. The number of nitrogens with zero attached hydrogens (tertiary/aromatic N) is 1. The lowest BCUT2D eigenvalue weighted by atomic mass is 9.91. The fourth-order valence-electron chi connectivity index (χ4n) is 3.14. The molecule has 3 rings (SSSR count). The Hall–Kier alpha value is -0.690. The van der Waals surface area contributed by atoms with Gasteiger partial charge >= 0.3 is 0 Å². The van der Waals surface area contributed by atoms with Gasteiger partial charge in [0.2, 0.25) is 0 Å². The van der Waals surface area contributed by atoms with Gasteiger partial charge in [0.1, 0.15) is 5.82 Å². The van der Waals surface area contributed by atoms with Gasteiger partial charge in [0.25, 0.3) is 5.91 Å². The number of halogens is 2. The molecule has 3 nitrogen and oxygen atoms in total. The summed E-state index contributed by atoms with van der Waals surface area (Å²) in [6, 6.07) is 4.69. The third-order valence-electron chi connectivity index (χ3n) is 4.10. The summed E-state index contributed by atoms with van der Waals surface area (Å²) in [4.78, 5) is 14.6. The number of fused-ring (bicyclic) bond motifs is 1. The fraction of sp³-hybridized carbons (Fsp3) is 0.500. The first kappa shape index (κ1) is 13.3. The van der Waals surface area contributed by atoms with Crippen LogP contribution in [0, 0.1) is 15.3 Å². The zero-order valence-electron chi connectivity index (χ0n) is 10.5. The summed E-state index contributed by atoms with van der Waals surface area (Å²) < 4.78 is 13.8. The second-order valence-electron chi connectivity index (χ2n) is 5.25. The molecule has 0 saturated carbocycles. The van der Waals surface area contributed by atoms with Crippen molar-refractivity contribution in [2.75, 3.05) is 19.6 Å². The number of hydrogen-bond donors (Lipinski definition) is 1. The zero-order valence-corrected chi connectivity index (χ0v) is 12.7. The minimum absolute atomic E-state index is 0.0443. The van der Waals surface area contributed by atoms with Crippen LogP contribution in [-0.2, 0) is 0 Å². The molecule has 2 heterocycles. The van der Waals surface area contributed by atoms with E-state index in [0.717, 1.165) is 26.1 Å². The first-order valence-corrected chi connectivity index (χ1v) is 7.71. The van der Waals surface area contributed by atoms with E-state index >= 15 is 0 Å². The van der Waals surface area contributed by atoms with Crippen molar-refractivity contribution >= 4 is 28.5 Å². The molecule has 1 aromatic rings. The van der Waals surface area contributed by atoms with E-state index in [-0.39, 0.29) is 11.7 Å². The number of carbonyl (C=O) groups is 1. The molecule has 2 aliphatic rings. The van der Waals surface area contributed by atoms with Gasteiger partial charge in [0, 0.05) is 29.2 Å². The Morgan fingerprint density at radius 3 is 3.05 bits per heavy atom. The van der Waals surface area contributed by atoms with Crippen molar-refractivity contribution < 1.29 is 9.18 Å². The summed E-state index contributed by atoms with van der Waals surface area (Å²) in [5.41, 5.74) is 0.620. The molecule has 1 amide bonds. The molecule has 0 spiro atoms. The van der Waals surface area contributed by atoms with Gasteiger partial charge in [0.05, 0.1) is 5.56 Å². The summed E-state index contributed by atoms with van der Waals surface area (Å²) in [5.74, 6) is 0.332. The van der Waals surface area contributed by atoms with Gasteiger partial charge in [-0.25, -0.2) is 4.39 Å². The molecule has 0 aromatic heterocycles. The lowest BCUT2D eigenvalue weighted by Crippen LogP contribution is -2.48. The van der Waals surface area contributed by atoms with Gasteiger partial charge in [0.15, 0.2) is 0 Å². The van der Waals surface area contributed by atoms with Crippen LogP contribution in [-0.4, -0.2) is 36.5 Å². The summed E-state index contributed by atoms with van der Waals surface area (Å²) >= 11 is 2.03. The first-order valence-electron chi connectivity index (χ1n) is 6.63. The Labute approximate surface area is 125 Å². The van der Waals surface area contributed by atoms with Crippen molar-refractivity contribution in [2.24, 2.45) is 5.92 Å². The summed E-state index contributed by atoms with van der Waals surface area (Å²) in [7, 11) is 0. The number of carbonyl (C=O) groups excluding carboxylic acids is 1. The highest BCUT2D eigenvalue weighted by molar-refractivity contribution is 14.1. The number of amides is 1. The third kappa shape index (κ3) is 2.50. The minimum Gasteiger partial charge on any atom is -0.334 e. The van der Waals surface area contributed by atoms with Crippen LogP contribution in [0.5, 0.6) is 0 Å². The molecule has 0 aliphatic carbocycles. The Bertz CT molecular complexity index is 508. The second-order valence-corrected chi connectivity index (χ2v) is 6.41. The van der Waals surface area contributed by atoms with E-state index in [2.05, 4.69) is 5.32 Å². The smallest absolute Gasteiger partial charge is 0.255 e. The predicted molar refractivity (Wildman–Crippen MR) is 79.5 cm³/mol. The molecule has 2 aliphatic heterocycles. The van der Waals surface area contributed by atoms with Gasteiger partial charge in [-0.1, -0.05) is 0 Å². The number of benzene rings is 1. The molecule has 102 valence electrons. The number of rotatable bonds is 1. The van der Waals surface area contributed by atoms with Gasteiger partial charge < -0.3 is 10.2 Å². The summed E-state index contributed by atoms with van der Waals surface area (Å²) in [6.07, 6.45) is 2.26. The molecule has 0 bridgehead atoms. The van der Waals surface area contributed by atoms with Gasteiger partial charge in [-0.3, -0.25) is 4.79 Å². The van der Waals surface area contributed by atoms with E-state index in [1.54, 1.807) is 6.07 Å². The van der Waals surface area contributed by atoms with E-state index in [1.165, 1.54) is 18.6 Å². The topological polar surface area (TPSA) is 32.3 Å². The average molecular weight is 374 g/mol. The van der Waals surface area contributed by atoms with Crippen molar-refractivity contribution in [3.8, 4) is 0 Å². The Morgan fingerprint density at radius 1 is 1.42 bits per heavy atom. The Morgan fingerprint density at radius 2 is 2.26 bits per heavy atom. The minimum atomic E-state index is -0.292. The van der Waals surface area contributed by atoms with Crippen molar-refractivity contribution in [3.63, 3.8) is 0 Å². The molecule has 19 heavy (non-hydrogen) atoms. The predicted octanol–water partition coefficient (Wildman–Crippen LogP) is 2.25. The number of piperidine rings is 1. The monoisotopic (exact) mass is 374 g/mol. The molecular formula is C14H16FIN2O. The molecule has 0 radical (unpaired) electrons. The maximum Gasteiger partial charge on any atom is 0.255 e. The van der Waals surface area contributed by atoms with Crippen LogP contribution < -0.4 is 5.32 Å². The van der Waals surface area contributed by atoms with Crippen LogP contribution in [0.2, 0.25) is 0 Å². The lowest BCUT2D eigenvalue weighted by molar-refractivity contribution is 0.0573. The van der Waals surface area contributed by atoms with Crippen LogP contribution >= 0.6 is 22.6 Å². The van der Waals surface area contributed by atoms with Gasteiger partial charge in [-0.15, -0.1) is 0 Å². The summed E-state index contributed by atoms with van der Waals surface area (Å²) in [5, 5.41) is 3.37. The zero-order chi connectivity index (χ0) is 13.4. The van der Waals surface area contributed by atoms with Crippen LogP contribution in [0.4, 0.5) is 4.39 Å². The van der Waals surface area contributed by atoms with Crippen LogP contribution in [0.15, 0.2) is 18.2 Å². The quantitative estimate of drug-likeness (QED) is 0.765. The molecule has 1 aromatic carbocycles. The van der Waals surface area contributed by atoms with E-state index in [4.69, 9.17) is 0 Å². The molecule has 2 atom stereocenters. The van der Waals surface area contributed by atoms with Crippen LogP contribution in [0.3, 0.4) is 0 Å². The molecule has 1 N–H and O–H groups in total. The number of likely N-dealkylation sites (tertiary alicyclic amines) is 1. The largest absolute Gasteiger partial charge is 0.334 e. The Balaban J connectivity index is 1.86. The maximum absolute atomic E-state index is 13.1. The Kier molecular flexibility index (Phi) is 3.75. The van der Waals surface area contributed by atoms with Crippen LogP contribution in [0.1, 0.15) is 23.2 Å². The molecule has 2 fully saturated rings. The molecule has 2 unspecified atom stereocenters. The second kappa shape index (κ2) is 5.36. The average Bonchev–Trinajstić information content (AvgIpc) is 2.86. The third-order valence-corrected chi connectivity index (χ3v) is 4.99. The highest BCUT2D eigenvalue weighted by atomic mass is 127. The van der Waals surface area contributed by atoms with Crippen molar-refractivity contribution in [2.45, 2.75) is 18.9 Å². The normalized spacial score (nSPS) is 26.3. The van der Waals surface area contributed by atoms with Crippen molar-refractivity contribution in [3.05, 3.63) is 33.1 Å². The highest BCUT2D eigenvalue weighted by Crippen LogP contribution is 2.28. The SMILES string of the molecule is O=C(c1ccc(F)cc1I)N1CCCC2CNCC21. The molecule has 5 heteroatoms. The molecular weight excluding hydrogens is 358 g/mol.